The van der Waals surface area contributed by atoms with Crippen LogP contribution in [0.3, 0.4) is 0 Å². The lowest BCUT2D eigenvalue weighted by atomic mass is 9.89. The molecule has 0 saturated carbocycles. The van der Waals surface area contributed by atoms with Crippen molar-refractivity contribution in [2.24, 2.45) is 0 Å². The highest BCUT2D eigenvalue weighted by Crippen LogP contribution is 2.33. The Balaban J connectivity index is 1.68. The van der Waals surface area contributed by atoms with Gasteiger partial charge >= 0.3 is 12.3 Å². The van der Waals surface area contributed by atoms with Gasteiger partial charge in [0.1, 0.15) is 23.7 Å². The van der Waals surface area contributed by atoms with Crippen LogP contribution < -0.4 is 4.74 Å². The second kappa shape index (κ2) is 9.99. The van der Waals surface area contributed by atoms with Crippen LogP contribution in [0, 0.1) is 6.92 Å². The van der Waals surface area contributed by atoms with Crippen molar-refractivity contribution in [2.45, 2.75) is 58.2 Å². The summed E-state index contributed by atoms with van der Waals surface area (Å²) in [5, 5.41) is 0. The number of ether oxygens (including phenoxy) is 2. The van der Waals surface area contributed by atoms with Crippen LogP contribution >= 0.6 is 0 Å². The van der Waals surface area contributed by atoms with Gasteiger partial charge in [0.15, 0.2) is 0 Å². The summed E-state index contributed by atoms with van der Waals surface area (Å²) in [5.74, 6) is 0.525. The molecule has 7 nitrogen and oxygen atoms in total. The highest BCUT2D eigenvalue weighted by molar-refractivity contribution is 5.68. The number of hydrogen-bond acceptors (Lipinski definition) is 6. The summed E-state index contributed by atoms with van der Waals surface area (Å²) >= 11 is 0. The molecule has 0 N–H and O–H groups in total. The van der Waals surface area contributed by atoms with Gasteiger partial charge < -0.3 is 14.4 Å². The zero-order chi connectivity index (χ0) is 25.1. The molecule has 1 aliphatic rings. The SMILES string of the molecule is C=C(COc1cccc(C(F)(F)F)n1)c1cnc(C)nc1C1CCN(C(=O)OC(C)(C)C)CC1. The maximum absolute atomic E-state index is 12.9. The summed E-state index contributed by atoms with van der Waals surface area (Å²) in [6.07, 6.45) is -1.86. The second-order valence-corrected chi connectivity index (χ2v) is 9.21. The third-order valence-electron chi connectivity index (χ3n) is 5.26. The first-order valence-electron chi connectivity index (χ1n) is 11.0. The first kappa shape index (κ1) is 25.5. The first-order valence-corrected chi connectivity index (χ1v) is 11.0. The van der Waals surface area contributed by atoms with Crippen molar-refractivity contribution >= 4 is 11.7 Å². The number of hydrogen-bond donors (Lipinski definition) is 0. The van der Waals surface area contributed by atoms with Gasteiger partial charge in [-0.1, -0.05) is 12.6 Å². The van der Waals surface area contributed by atoms with Crippen LogP contribution in [0.4, 0.5) is 18.0 Å². The molecule has 2 aromatic rings. The smallest absolute Gasteiger partial charge is 0.433 e. The molecule has 3 heterocycles. The third kappa shape index (κ3) is 6.68. The quantitative estimate of drug-likeness (QED) is 0.572. The predicted molar refractivity (Wildman–Crippen MR) is 120 cm³/mol. The van der Waals surface area contributed by atoms with E-state index in [2.05, 4.69) is 21.5 Å². The fourth-order valence-electron chi connectivity index (χ4n) is 3.63. The molecule has 1 amide bonds. The van der Waals surface area contributed by atoms with Gasteiger partial charge in [0, 0.05) is 36.8 Å². The average Bonchev–Trinajstić information content (AvgIpc) is 2.76. The highest BCUT2D eigenvalue weighted by atomic mass is 19.4. The van der Waals surface area contributed by atoms with Crippen LogP contribution in [0.5, 0.6) is 5.88 Å². The predicted octanol–water partition coefficient (Wildman–Crippen LogP) is 5.41. The van der Waals surface area contributed by atoms with Gasteiger partial charge in [-0.15, -0.1) is 0 Å². The van der Waals surface area contributed by atoms with Gasteiger partial charge in [-0.05, 0) is 52.2 Å². The molecule has 1 fully saturated rings. The molecule has 0 bridgehead atoms. The molecular weight excluding hydrogens is 449 g/mol. The maximum Gasteiger partial charge on any atom is 0.433 e. The Kier molecular flexibility index (Phi) is 7.48. The van der Waals surface area contributed by atoms with Gasteiger partial charge in [-0.25, -0.2) is 19.7 Å². The molecule has 0 unspecified atom stereocenters. The number of alkyl halides is 3. The van der Waals surface area contributed by atoms with E-state index in [0.717, 1.165) is 11.8 Å². The van der Waals surface area contributed by atoms with E-state index in [0.29, 0.717) is 42.9 Å². The molecule has 1 saturated heterocycles. The molecule has 184 valence electrons. The van der Waals surface area contributed by atoms with Gasteiger partial charge in [-0.3, -0.25) is 0 Å². The van der Waals surface area contributed by atoms with Crippen LogP contribution in [0.2, 0.25) is 0 Å². The molecule has 1 aliphatic heterocycles. The number of likely N-dealkylation sites (tertiary alicyclic amines) is 1. The molecule has 3 rings (SSSR count). The minimum absolute atomic E-state index is 0.0650. The third-order valence-corrected chi connectivity index (χ3v) is 5.26. The van der Waals surface area contributed by atoms with E-state index in [1.807, 2.05) is 20.8 Å². The van der Waals surface area contributed by atoms with Crippen molar-refractivity contribution in [1.29, 1.82) is 0 Å². The normalized spacial score (nSPS) is 15.2. The Morgan fingerprint density at radius 2 is 1.85 bits per heavy atom. The van der Waals surface area contributed by atoms with E-state index in [-0.39, 0.29) is 24.5 Å². The van der Waals surface area contributed by atoms with Crippen LogP contribution in [0.15, 0.2) is 31.0 Å². The van der Waals surface area contributed by atoms with Crippen molar-refractivity contribution in [3.63, 3.8) is 0 Å². The topological polar surface area (TPSA) is 77.4 Å². The Hall–Kier alpha value is -3.17. The van der Waals surface area contributed by atoms with Crippen LogP contribution in [-0.2, 0) is 10.9 Å². The standard InChI is InChI=1S/C24H29F3N4O3/c1-15(14-33-20-8-6-7-19(30-20)24(25,26)27)18-13-28-16(2)29-21(18)17-9-11-31(12-10-17)22(32)34-23(3,4)5/h6-8,13,17H,1,9-12,14H2,2-5H3. The van der Waals surface area contributed by atoms with Crippen LogP contribution in [0.25, 0.3) is 5.57 Å². The molecule has 2 aromatic heterocycles. The lowest BCUT2D eigenvalue weighted by molar-refractivity contribution is -0.141. The number of carbonyl (C=O) groups excluding carboxylic acids is 1. The van der Waals surface area contributed by atoms with Crippen molar-refractivity contribution in [1.82, 2.24) is 19.9 Å². The van der Waals surface area contributed by atoms with E-state index in [1.54, 1.807) is 18.0 Å². The maximum atomic E-state index is 12.9. The number of halogens is 3. The average molecular weight is 479 g/mol. The van der Waals surface area contributed by atoms with E-state index in [9.17, 15) is 18.0 Å². The number of aryl methyl sites for hydroxylation is 1. The monoisotopic (exact) mass is 478 g/mol. The molecule has 0 radical (unpaired) electrons. The zero-order valence-corrected chi connectivity index (χ0v) is 19.8. The van der Waals surface area contributed by atoms with Crippen molar-refractivity contribution < 1.29 is 27.4 Å². The Morgan fingerprint density at radius 3 is 2.47 bits per heavy atom. The van der Waals surface area contributed by atoms with Crippen LogP contribution in [0.1, 0.15) is 62.3 Å². The van der Waals surface area contributed by atoms with Gasteiger partial charge in [0.2, 0.25) is 5.88 Å². The molecule has 10 heteroatoms. The molecular formula is C24H29F3N4O3. The molecule has 34 heavy (non-hydrogen) atoms. The number of pyridine rings is 1. The summed E-state index contributed by atoms with van der Waals surface area (Å²) in [6, 6.07) is 3.49. The fourth-order valence-corrected chi connectivity index (χ4v) is 3.63. The number of carbonyl (C=O) groups is 1. The Morgan fingerprint density at radius 1 is 1.18 bits per heavy atom. The van der Waals surface area contributed by atoms with E-state index in [1.165, 1.54) is 12.1 Å². The van der Waals surface area contributed by atoms with Crippen LogP contribution in [-0.4, -0.2) is 51.2 Å². The Bertz CT molecular complexity index is 1040. The van der Waals surface area contributed by atoms with Crippen molar-refractivity contribution in [3.8, 4) is 5.88 Å². The molecule has 0 aliphatic carbocycles. The van der Waals surface area contributed by atoms with Gasteiger partial charge in [0.05, 0.1) is 5.69 Å². The fraction of sp³-hybridized carbons (Fsp3) is 0.500. The summed E-state index contributed by atoms with van der Waals surface area (Å²) in [5.41, 5.74) is 0.433. The van der Waals surface area contributed by atoms with E-state index >= 15 is 0 Å². The number of aromatic nitrogens is 3. The summed E-state index contributed by atoms with van der Waals surface area (Å²) in [4.78, 5) is 26.5. The highest BCUT2D eigenvalue weighted by Gasteiger charge is 2.33. The number of piperidine rings is 1. The van der Waals surface area contributed by atoms with Crippen molar-refractivity contribution in [2.75, 3.05) is 19.7 Å². The lowest BCUT2D eigenvalue weighted by Crippen LogP contribution is -2.41. The van der Waals surface area contributed by atoms with E-state index in [4.69, 9.17) is 9.47 Å². The Labute approximate surface area is 197 Å². The number of rotatable bonds is 5. The summed E-state index contributed by atoms with van der Waals surface area (Å²) in [6.45, 7) is 12.3. The van der Waals surface area contributed by atoms with Gasteiger partial charge in [0.25, 0.3) is 0 Å². The van der Waals surface area contributed by atoms with Gasteiger partial charge in [-0.2, -0.15) is 13.2 Å². The van der Waals surface area contributed by atoms with Crippen molar-refractivity contribution in [3.05, 3.63) is 53.8 Å². The summed E-state index contributed by atoms with van der Waals surface area (Å²) in [7, 11) is 0. The number of nitrogens with zero attached hydrogens (tertiary/aromatic N) is 4. The molecule has 0 atom stereocenters. The molecule has 0 aromatic carbocycles. The second-order valence-electron chi connectivity index (χ2n) is 9.21. The lowest BCUT2D eigenvalue weighted by Gasteiger charge is -2.33. The minimum Gasteiger partial charge on any atom is -0.473 e. The molecule has 0 spiro atoms. The summed E-state index contributed by atoms with van der Waals surface area (Å²) < 4.78 is 49.7. The number of amides is 1. The largest absolute Gasteiger partial charge is 0.473 e. The zero-order valence-electron chi connectivity index (χ0n) is 19.8. The van der Waals surface area contributed by atoms with E-state index < -0.39 is 17.5 Å². The minimum atomic E-state index is -4.55. The first-order chi connectivity index (χ1) is 15.8.